The molecule has 0 spiro atoms. The number of hydrogen-bond donors (Lipinski definition) is 9. The summed E-state index contributed by atoms with van der Waals surface area (Å²) in [6.07, 6.45) is 3.13. The lowest BCUT2D eigenvalue weighted by Gasteiger charge is -2.42. The van der Waals surface area contributed by atoms with Crippen molar-refractivity contribution in [2.24, 2.45) is 17.6 Å². The smallest absolute Gasteiger partial charge is 0.409 e. The van der Waals surface area contributed by atoms with Crippen molar-refractivity contribution in [3.05, 3.63) is 70.3 Å². The Morgan fingerprint density at radius 3 is 2.35 bits per heavy atom. The van der Waals surface area contributed by atoms with E-state index in [4.69, 9.17) is 41.0 Å². The highest BCUT2D eigenvalue weighted by Gasteiger charge is 2.64. The highest BCUT2D eigenvalue weighted by Crippen LogP contribution is 2.49. The lowest BCUT2D eigenvalue weighted by molar-refractivity contribution is -0.158. The number of rotatable bonds is 27. The molecule has 11 atom stereocenters. The number of unbranched alkanes of at least 4 members (excludes halogenated alkanes) is 1. The number of likely N-dealkylation sites (N-methyl/N-ethyl adjacent to an activating group) is 1. The first-order chi connectivity index (χ1) is 41.5. The van der Waals surface area contributed by atoms with Gasteiger partial charge in [0.25, 0.3) is 5.91 Å². The number of esters is 1. The zero-order valence-corrected chi connectivity index (χ0v) is 55.2. The summed E-state index contributed by atoms with van der Waals surface area (Å²) in [5, 5.41) is 40.8. The number of amides is 7. The maximum atomic E-state index is 14.5. The normalized spacial score (nSPS) is 24.5. The predicted molar refractivity (Wildman–Crippen MR) is 336 cm³/mol. The number of carbonyl (C=O) groups excluding carboxylic acids is 9. The number of carbonyl (C=O) groups is 9. The van der Waals surface area contributed by atoms with Gasteiger partial charge in [-0.1, -0.05) is 94.5 Å². The topological polar surface area (TPSA) is 348 Å². The molecule has 486 valence electrons. The standard InChI is InChI=1S/C60H84Br2ClN9O16/c1-33(2)50(67-39(29-73)16-11-12-22-66-59(30-61,31-62)32-74)53(78)69-41(17-14-21-65-56(64)81)52(77)68-40-20-19-38(26-43(40)75)54(79)71(7)36(5)55(80)87-47-27-48(76)72(8)42-24-37(25-44(84-9)49(42)63)23-34(3)15-13-18-46(85-10)60(83)28-45(86-57(82)70-60)35(4)51-58(47,6)88-51/h13,15,18-20,24-26,29,32-33,35-36,39,41,45-47,50-51,66-67,75,83H,11-12,14,16-17,21-23,27-28,30-31H2,1-10H3,(H,68,77)(H,69,78)(H,70,82)(H3,64,65,81)/b18-13+,34-15+/t35-,36+,39?,41+,45+,46-,47+,50+,51+,58+,60+/m1/s1. The highest BCUT2D eigenvalue weighted by atomic mass is 79.9. The number of aldehydes is 2. The van der Waals surface area contributed by atoms with Gasteiger partial charge in [-0.2, -0.15) is 0 Å². The van der Waals surface area contributed by atoms with Crippen LogP contribution in [0.4, 0.5) is 21.0 Å². The van der Waals surface area contributed by atoms with Crippen LogP contribution in [0, 0.1) is 11.8 Å². The van der Waals surface area contributed by atoms with Gasteiger partial charge in [-0.3, -0.25) is 29.8 Å². The van der Waals surface area contributed by atoms with Crippen LogP contribution in [-0.4, -0.2) is 187 Å². The van der Waals surface area contributed by atoms with E-state index in [0.29, 0.717) is 60.6 Å². The number of halogens is 3. The number of nitrogens with one attached hydrogen (secondary N) is 6. The molecule has 1 unspecified atom stereocenters. The summed E-state index contributed by atoms with van der Waals surface area (Å²) >= 11 is 13.6. The summed E-state index contributed by atoms with van der Waals surface area (Å²) in [7, 11) is 5.67. The third kappa shape index (κ3) is 18.7. The van der Waals surface area contributed by atoms with Crippen molar-refractivity contribution in [2.45, 2.75) is 158 Å². The number of aromatic hydroxyl groups is 1. The van der Waals surface area contributed by atoms with E-state index in [9.17, 15) is 53.4 Å². The number of ether oxygens (including phenoxy) is 5. The number of phenols is 1. The number of fused-ring (bicyclic) bond motifs is 5. The second-order valence-electron chi connectivity index (χ2n) is 23.1. The van der Waals surface area contributed by atoms with Crippen LogP contribution in [-0.2, 0) is 54.1 Å². The molecule has 0 saturated carbocycles. The minimum atomic E-state index is -1.93. The van der Waals surface area contributed by atoms with Crippen LogP contribution in [0.3, 0.4) is 0 Å². The lowest BCUT2D eigenvalue weighted by Crippen LogP contribution is -2.63. The number of hydrogen-bond acceptors (Lipinski definition) is 18. The molecule has 2 aromatic rings. The lowest BCUT2D eigenvalue weighted by atomic mass is 9.83. The van der Waals surface area contributed by atoms with E-state index < -0.39 is 125 Å². The van der Waals surface area contributed by atoms with E-state index in [1.54, 1.807) is 52.0 Å². The van der Waals surface area contributed by atoms with Crippen LogP contribution in [0.5, 0.6) is 11.5 Å². The Balaban J connectivity index is 1.34. The van der Waals surface area contributed by atoms with Crippen LogP contribution in [0.2, 0.25) is 5.02 Å². The number of benzene rings is 2. The number of methoxy groups -OCH3 is 2. The summed E-state index contributed by atoms with van der Waals surface area (Å²) < 4.78 is 29.5. The molecular weight excluding hydrogens is 1300 g/mol. The summed E-state index contributed by atoms with van der Waals surface area (Å²) in [4.78, 5) is 122. The van der Waals surface area contributed by atoms with Crippen molar-refractivity contribution in [1.29, 1.82) is 0 Å². The van der Waals surface area contributed by atoms with Gasteiger partial charge >= 0.3 is 18.1 Å². The van der Waals surface area contributed by atoms with Gasteiger partial charge in [-0.15, -0.1) is 0 Å². The molecule has 2 fully saturated rings. The predicted octanol–water partition coefficient (Wildman–Crippen LogP) is 5.07. The van der Waals surface area contributed by atoms with E-state index in [1.807, 2.05) is 13.0 Å². The molecule has 0 radical (unpaired) electrons. The number of epoxide rings is 1. The molecule has 7 amide bonds. The number of allylic oxidation sites excluding steroid dienone is 3. The summed E-state index contributed by atoms with van der Waals surface area (Å²) in [6, 6.07) is 2.06. The molecule has 0 aromatic heterocycles. The Morgan fingerprint density at radius 1 is 1.03 bits per heavy atom. The number of aliphatic hydroxyl groups is 1. The summed E-state index contributed by atoms with van der Waals surface area (Å²) in [5.74, 6) is -4.91. The third-order valence-electron chi connectivity index (χ3n) is 16.2. The van der Waals surface area contributed by atoms with Crippen molar-refractivity contribution in [3.63, 3.8) is 0 Å². The molecule has 3 aliphatic rings. The fourth-order valence-corrected chi connectivity index (χ4v) is 12.4. The van der Waals surface area contributed by atoms with Gasteiger partial charge in [-0.25, -0.2) is 14.4 Å². The molecule has 5 rings (SSSR count). The first-order valence-electron chi connectivity index (χ1n) is 28.9. The molecule has 25 nitrogen and oxygen atoms in total. The highest BCUT2D eigenvalue weighted by molar-refractivity contribution is 9.10. The summed E-state index contributed by atoms with van der Waals surface area (Å²) in [6.45, 7) is 10.7. The summed E-state index contributed by atoms with van der Waals surface area (Å²) in [5.41, 5.74) is 2.78. The number of nitrogens with two attached hydrogens (primary N) is 1. The number of alkyl halides is 2. The molecule has 2 aromatic carbocycles. The second kappa shape index (κ2) is 32.5. The van der Waals surface area contributed by atoms with E-state index in [1.165, 1.54) is 52.3 Å². The van der Waals surface area contributed by atoms with E-state index in [0.717, 1.165) is 28.4 Å². The minimum absolute atomic E-state index is 0.00882. The monoisotopic (exact) mass is 1380 g/mol. The van der Waals surface area contributed by atoms with Gasteiger partial charge in [-0.05, 0) is 101 Å². The van der Waals surface area contributed by atoms with Crippen LogP contribution in [0.1, 0.15) is 102 Å². The van der Waals surface area contributed by atoms with E-state index >= 15 is 0 Å². The molecule has 4 bridgehead atoms. The van der Waals surface area contributed by atoms with Crippen LogP contribution >= 0.6 is 43.5 Å². The average Bonchev–Trinajstić information content (AvgIpc) is 2.13. The number of alkyl carbamates (subject to hydrolysis) is 1. The van der Waals surface area contributed by atoms with Crippen molar-refractivity contribution < 1.29 is 77.0 Å². The zero-order chi connectivity index (χ0) is 65.4. The van der Waals surface area contributed by atoms with Gasteiger partial charge < -0.3 is 80.3 Å². The number of anilines is 2. The van der Waals surface area contributed by atoms with Gasteiger partial charge in [0.1, 0.15) is 65.1 Å². The van der Waals surface area contributed by atoms with Crippen molar-refractivity contribution in [1.82, 2.24) is 31.5 Å². The molecule has 0 aliphatic carbocycles. The number of phenolic OH excluding ortho intramolecular Hbond substituents is 1. The van der Waals surface area contributed by atoms with Gasteiger partial charge in [0.05, 0.1) is 48.6 Å². The second-order valence-corrected chi connectivity index (χ2v) is 24.6. The Bertz CT molecular complexity index is 2920. The molecule has 3 aliphatic heterocycles. The quantitative estimate of drug-likeness (QED) is 0.0141. The van der Waals surface area contributed by atoms with Crippen molar-refractivity contribution in [2.75, 3.05) is 62.3 Å². The van der Waals surface area contributed by atoms with Crippen LogP contribution < -0.4 is 47.3 Å². The van der Waals surface area contributed by atoms with Crippen LogP contribution in [0.25, 0.3) is 0 Å². The molecule has 10 N–H and O–H groups in total. The number of nitrogens with zero attached hydrogens (tertiary/aromatic N) is 2. The molecule has 2 saturated heterocycles. The minimum Gasteiger partial charge on any atom is -0.506 e. The fraction of sp³-hybridized carbons (Fsp3) is 0.583. The van der Waals surface area contributed by atoms with Crippen molar-refractivity contribution in [3.8, 4) is 11.5 Å². The Kier molecular flexibility index (Phi) is 26.8. The Hall–Kier alpha value is -6.20. The molecular formula is C60H84Br2ClN9O16. The average molecular weight is 1380 g/mol. The molecule has 28 heteroatoms. The van der Waals surface area contributed by atoms with Gasteiger partial charge in [0, 0.05) is 56.3 Å². The first kappa shape index (κ1) is 72.5. The maximum Gasteiger partial charge on any atom is 0.409 e. The van der Waals surface area contributed by atoms with Crippen LogP contribution in [0.15, 0.2) is 54.1 Å². The molecule has 3 heterocycles. The SMILES string of the molecule is COc1cc2cc(c1Cl)N(C)C(=O)C[C@H](OC(=O)[C@H](C)N(C)C(=O)c1ccc(NC(=O)[C@H](CCCNC(N)=O)NC(=O)[C@@H](NC(C=O)CCCCNC(C=O)(CBr)CBr)C(C)C)c(O)c1)[C@]1(C)O[C@H]1[C@H](C)[C@@H]1C[C@@](O)(NC(=O)O1)[C@H](OC)/C=C/C=C(\C)C2. The third-order valence-corrected chi connectivity index (χ3v) is 18.6. The van der Waals surface area contributed by atoms with Gasteiger partial charge in [0.15, 0.2) is 5.72 Å². The van der Waals surface area contributed by atoms with E-state index in [-0.39, 0.29) is 48.0 Å². The fourth-order valence-electron chi connectivity index (χ4n) is 10.5. The van der Waals surface area contributed by atoms with E-state index in [2.05, 4.69) is 63.8 Å². The Morgan fingerprint density at radius 2 is 1.74 bits per heavy atom. The first-order valence-corrected chi connectivity index (χ1v) is 31.6. The van der Waals surface area contributed by atoms with Gasteiger partial charge in [0.2, 0.25) is 17.7 Å². The van der Waals surface area contributed by atoms with Crippen molar-refractivity contribution >= 4 is 109 Å². The maximum absolute atomic E-state index is 14.5. The Labute approximate surface area is 534 Å². The molecule has 88 heavy (non-hydrogen) atoms. The largest absolute Gasteiger partial charge is 0.506 e. The number of primary amides is 1. The zero-order valence-electron chi connectivity index (χ0n) is 51.2. The number of urea groups is 1.